The summed E-state index contributed by atoms with van der Waals surface area (Å²) >= 11 is 3.56. The van der Waals surface area contributed by atoms with Crippen molar-refractivity contribution in [1.82, 2.24) is 5.32 Å². The van der Waals surface area contributed by atoms with Gasteiger partial charge in [0.25, 0.3) is 0 Å². The van der Waals surface area contributed by atoms with Gasteiger partial charge in [0.1, 0.15) is 0 Å². The highest BCUT2D eigenvalue weighted by Gasteiger charge is 2.13. The summed E-state index contributed by atoms with van der Waals surface area (Å²) < 4.78 is 24.1. The van der Waals surface area contributed by atoms with E-state index in [2.05, 4.69) is 27.3 Å². The maximum Gasteiger partial charge on any atom is 0.175 e. The van der Waals surface area contributed by atoms with Crippen LogP contribution in [0.3, 0.4) is 0 Å². The molecule has 0 spiro atoms. The first kappa shape index (κ1) is 16.2. The predicted molar refractivity (Wildman–Crippen MR) is 89.2 cm³/mol. The fourth-order valence-corrected chi connectivity index (χ4v) is 3.29. The molecule has 0 saturated heterocycles. The van der Waals surface area contributed by atoms with Gasteiger partial charge in [0, 0.05) is 16.8 Å². The third kappa shape index (κ3) is 4.15. The quantitative estimate of drug-likeness (QED) is 0.881. The molecule has 112 valence electrons. The summed E-state index contributed by atoms with van der Waals surface area (Å²) in [4.78, 5) is 0.349. The number of hydrogen-bond acceptors (Lipinski definition) is 3. The Morgan fingerprint density at radius 1 is 1.10 bits per heavy atom. The largest absolute Gasteiger partial charge is 0.313 e. The highest BCUT2D eigenvalue weighted by Crippen LogP contribution is 2.24. The molecule has 0 aliphatic heterocycles. The van der Waals surface area contributed by atoms with Gasteiger partial charge >= 0.3 is 0 Å². The van der Waals surface area contributed by atoms with E-state index < -0.39 is 9.84 Å². The van der Waals surface area contributed by atoms with Crippen LogP contribution in [-0.4, -0.2) is 21.7 Å². The van der Waals surface area contributed by atoms with Crippen LogP contribution in [0.2, 0.25) is 0 Å². The standard InChI is InChI=1S/C16H18BrNO2S/c1-18-16(11-13-5-3-4-6-15(13)17)12-7-9-14(10-8-12)21(2,19)20/h3-10,16,18H,11H2,1-2H3. The van der Waals surface area contributed by atoms with E-state index in [4.69, 9.17) is 0 Å². The van der Waals surface area contributed by atoms with E-state index >= 15 is 0 Å². The fourth-order valence-electron chi connectivity index (χ4n) is 2.22. The molecule has 1 atom stereocenters. The minimum Gasteiger partial charge on any atom is -0.313 e. The molecule has 5 heteroatoms. The smallest absolute Gasteiger partial charge is 0.175 e. The molecule has 21 heavy (non-hydrogen) atoms. The van der Waals surface area contributed by atoms with Crippen LogP contribution in [0.4, 0.5) is 0 Å². The first-order chi connectivity index (χ1) is 9.91. The normalized spacial score (nSPS) is 13.1. The summed E-state index contributed by atoms with van der Waals surface area (Å²) in [6, 6.07) is 15.3. The van der Waals surface area contributed by atoms with Gasteiger partial charge < -0.3 is 5.32 Å². The molecule has 0 aromatic heterocycles. The van der Waals surface area contributed by atoms with Crippen molar-refractivity contribution in [2.75, 3.05) is 13.3 Å². The molecule has 1 unspecified atom stereocenters. The van der Waals surface area contributed by atoms with Gasteiger partial charge in [-0.1, -0.05) is 46.3 Å². The van der Waals surface area contributed by atoms with Crippen molar-refractivity contribution >= 4 is 25.8 Å². The van der Waals surface area contributed by atoms with E-state index in [1.807, 2.05) is 37.4 Å². The number of nitrogens with one attached hydrogen (secondary N) is 1. The molecule has 3 nitrogen and oxygen atoms in total. The summed E-state index contributed by atoms with van der Waals surface area (Å²) in [5, 5.41) is 3.28. The molecule has 0 bridgehead atoms. The molecular formula is C16H18BrNO2S. The van der Waals surface area contributed by atoms with Crippen molar-refractivity contribution in [2.24, 2.45) is 0 Å². The summed E-state index contributed by atoms with van der Waals surface area (Å²) in [7, 11) is -1.24. The Labute approximate surface area is 134 Å². The SMILES string of the molecule is CNC(Cc1ccccc1Br)c1ccc(S(C)(=O)=O)cc1. The van der Waals surface area contributed by atoms with Crippen LogP contribution in [0.5, 0.6) is 0 Å². The van der Waals surface area contributed by atoms with Gasteiger partial charge in [-0.15, -0.1) is 0 Å². The van der Waals surface area contributed by atoms with Crippen molar-refractivity contribution in [2.45, 2.75) is 17.4 Å². The minimum atomic E-state index is -3.15. The van der Waals surface area contributed by atoms with Gasteiger partial charge in [0.15, 0.2) is 9.84 Å². The topological polar surface area (TPSA) is 46.2 Å². The summed E-state index contributed by atoms with van der Waals surface area (Å²) in [5.74, 6) is 0. The van der Waals surface area contributed by atoms with Gasteiger partial charge in [-0.05, 0) is 42.8 Å². The Hall–Kier alpha value is -1.17. The monoisotopic (exact) mass is 367 g/mol. The van der Waals surface area contributed by atoms with Gasteiger partial charge in [-0.2, -0.15) is 0 Å². The second kappa shape index (κ2) is 6.73. The zero-order valence-corrected chi connectivity index (χ0v) is 14.4. The van der Waals surface area contributed by atoms with E-state index in [-0.39, 0.29) is 6.04 Å². The van der Waals surface area contributed by atoms with E-state index in [1.54, 1.807) is 12.1 Å². The van der Waals surface area contributed by atoms with E-state index in [9.17, 15) is 8.42 Å². The molecule has 0 aliphatic rings. The maximum absolute atomic E-state index is 11.5. The lowest BCUT2D eigenvalue weighted by atomic mass is 9.99. The summed E-state index contributed by atoms with van der Waals surface area (Å²) in [6.07, 6.45) is 2.05. The lowest BCUT2D eigenvalue weighted by Gasteiger charge is -2.18. The Morgan fingerprint density at radius 3 is 2.24 bits per heavy atom. The first-order valence-corrected chi connectivity index (χ1v) is 9.31. The molecular weight excluding hydrogens is 350 g/mol. The number of sulfone groups is 1. The first-order valence-electron chi connectivity index (χ1n) is 6.62. The van der Waals surface area contributed by atoms with Gasteiger partial charge in [-0.3, -0.25) is 0 Å². The fraction of sp³-hybridized carbons (Fsp3) is 0.250. The Kier molecular flexibility index (Phi) is 5.19. The molecule has 0 aliphatic carbocycles. The average molecular weight is 368 g/mol. The van der Waals surface area contributed by atoms with Crippen molar-refractivity contribution in [1.29, 1.82) is 0 Å². The number of halogens is 1. The van der Waals surface area contributed by atoms with Gasteiger partial charge in [0.05, 0.1) is 4.90 Å². The van der Waals surface area contributed by atoms with Crippen LogP contribution < -0.4 is 5.32 Å². The van der Waals surface area contributed by atoms with Crippen molar-refractivity contribution in [3.05, 3.63) is 64.1 Å². The molecule has 0 radical (unpaired) electrons. The third-order valence-electron chi connectivity index (χ3n) is 3.44. The third-order valence-corrected chi connectivity index (χ3v) is 5.34. The Bertz CT molecular complexity index is 711. The minimum absolute atomic E-state index is 0.136. The maximum atomic E-state index is 11.5. The summed E-state index contributed by atoms with van der Waals surface area (Å²) in [5.41, 5.74) is 2.28. The van der Waals surface area contributed by atoms with Crippen molar-refractivity contribution in [3.63, 3.8) is 0 Å². The molecule has 2 rings (SSSR count). The average Bonchev–Trinajstić information content (AvgIpc) is 2.46. The summed E-state index contributed by atoms with van der Waals surface area (Å²) in [6.45, 7) is 0. The van der Waals surface area contributed by atoms with Gasteiger partial charge in [0.2, 0.25) is 0 Å². The van der Waals surface area contributed by atoms with Crippen LogP contribution >= 0.6 is 15.9 Å². The number of hydrogen-bond donors (Lipinski definition) is 1. The molecule has 0 saturated carbocycles. The van der Waals surface area contributed by atoms with Crippen molar-refractivity contribution in [3.8, 4) is 0 Å². The molecule has 0 amide bonds. The highest BCUT2D eigenvalue weighted by atomic mass is 79.9. The van der Waals surface area contributed by atoms with Gasteiger partial charge in [-0.25, -0.2) is 8.42 Å². The lowest BCUT2D eigenvalue weighted by Crippen LogP contribution is -2.19. The van der Waals surface area contributed by atoms with E-state index in [0.29, 0.717) is 4.90 Å². The zero-order chi connectivity index (χ0) is 15.5. The van der Waals surface area contributed by atoms with E-state index in [0.717, 1.165) is 16.5 Å². The molecule has 2 aromatic rings. The second-order valence-electron chi connectivity index (χ2n) is 4.98. The van der Waals surface area contributed by atoms with E-state index in [1.165, 1.54) is 11.8 Å². The van der Waals surface area contributed by atoms with Crippen LogP contribution in [0.25, 0.3) is 0 Å². The number of likely N-dealkylation sites (N-methyl/N-ethyl adjacent to an activating group) is 1. The second-order valence-corrected chi connectivity index (χ2v) is 7.85. The zero-order valence-electron chi connectivity index (χ0n) is 12.0. The predicted octanol–water partition coefficient (Wildman–Crippen LogP) is 3.36. The van der Waals surface area contributed by atoms with Crippen LogP contribution in [0.15, 0.2) is 57.9 Å². The Morgan fingerprint density at radius 2 is 1.71 bits per heavy atom. The highest BCUT2D eigenvalue weighted by molar-refractivity contribution is 9.10. The molecule has 1 N–H and O–H groups in total. The molecule has 2 aromatic carbocycles. The van der Waals surface area contributed by atoms with Crippen LogP contribution in [-0.2, 0) is 16.3 Å². The number of benzene rings is 2. The molecule has 0 heterocycles. The van der Waals surface area contributed by atoms with Crippen LogP contribution in [0, 0.1) is 0 Å². The lowest BCUT2D eigenvalue weighted by molar-refractivity contribution is 0.589. The van der Waals surface area contributed by atoms with Crippen LogP contribution in [0.1, 0.15) is 17.2 Å². The number of rotatable bonds is 5. The van der Waals surface area contributed by atoms with Crippen molar-refractivity contribution < 1.29 is 8.42 Å². The molecule has 0 fully saturated rings. The Balaban J connectivity index is 2.24.